The molecule has 8 nitrogen and oxygen atoms in total. The molecule has 1 aromatic carbocycles. The summed E-state index contributed by atoms with van der Waals surface area (Å²) in [6, 6.07) is 14.9. The van der Waals surface area contributed by atoms with E-state index in [0.717, 1.165) is 60.8 Å². The molecule has 0 spiro atoms. The van der Waals surface area contributed by atoms with E-state index < -0.39 is 0 Å². The van der Waals surface area contributed by atoms with Crippen molar-refractivity contribution >= 4 is 17.0 Å². The van der Waals surface area contributed by atoms with Crippen LogP contribution in [0.15, 0.2) is 42.5 Å². The number of nitrogens with two attached hydrogens (primary N) is 1. The number of anilines is 1. The lowest BCUT2D eigenvalue weighted by Crippen LogP contribution is -2.44. The summed E-state index contributed by atoms with van der Waals surface area (Å²) < 4.78 is 8.39. The zero-order chi connectivity index (χ0) is 21.8. The number of fused-ring (bicyclic) bond motifs is 1. The van der Waals surface area contributed by atoms with Gasteiger partial charge in [-0.15, -0.1) is 0 Å². The molecule has 0 saturated carbocycles. The second-order valence-corrected chi connectivity index (χ2v) is 8.50. The molecular weight excluding hydrogens is 404 g/mol. The molecular formula is C24H36N6O2. The Morgan fingerprint density at radius 1 is 1.12 bits per heavy atom. The smallest absolute Gasteiger partial charge is 0.206 e. The molecule has 0 aliphatic carbocycles. The van der Waals surface area contributed by atoms with Crippen molar-refractivity contribution in [3.05, 3.63) is 53.9 Å². The molecule has 0 amide bonds. The third-order valence-electron chi connectivity index (χ3n) is 5.78. The van der Waals surface area contributed by atoms with Gasteiger partial charge in [0.15, 0.2) is 6.23 Å². The van der Waals surface area contributed by atoms with Crippen LogP contribution in [0.4, 0.5) is 5.95 Å². The minimum absolute atomic E-state index is 0. The van der Waals surface area contributed by atoms with E-state index in [0.29, 0.717) is 12.6 Å². The molecule has 0 bridgehead atoms. The van der Waals surface area contributed by atoms with Crippen LogP contribution in [0.1, 0.15) is 44.3 Å². The fourth-order valence-electron chi connectivity index (χ4n) is 4.39. The highest BCUT2D eigenvalue weighted by Gasteiger charge is 2.26. The third kappa shape index (κ3) is 5.45. The molecule has 5 N–H and O–H groups in total. The van der Waals surface area contributed by atoms with Crippen LogP contribution in [-0.4, -0.2) is 63.2 Å². The third-order valence-corrected chi connectivity index (χ3v) is 5.78. The van der Waals surface area contributed by atoms with E-state index in [2.05, 4.69) is 33.8 Å². The SMILES string of the molecule is CCOC(c1cccc(C)n1)n1c(NC2CCN(CC(C)N)CC2)nc2ccccc21.O. The number of para-hydroxylation sites is 2. The lowest BCUT2D eigenvalue weighted by Gasteiger charge is -2.33. The van der Waals surface area contributed by atoms with Crippen LogP contribution in [0.25, 0.3) is 11.0 Å². The summed E-state index contributed by atoms with van der Waals surface area (Å²) in [6.45, 7) is 9.73. The van der Waals surface area contributed by atoms with Crippen molar-refractivity contribution < 1.29 is 10.2 Å². The Morgan fingerprint density at radius 3 is 2.56 bits per heavy atom. The minimum atomic E-state index is -0.335. The highest BCUT2D eigenvalue weighted by molar-refractivity contribution is 5.79. The Labute approximate surface area is 190 Å². The minimum Gasteiger partial charge on any atom is -0.412 e. The van der Waals surface area contributed by atoms with Crippen LogP contribution in [0.3, 0.4) is 0 Å². The average Bonchev–Trinajstić information content (AvgIpc) is 3.10. The van der Waals surface area contributed by atoms with Gasteiger partial charge in [-0.25, -0.2) is 4.98 Å². The van der Waals surface area contributed by atoms with E-state index in [9.17, 15) is 0 Å². The standard InChI is InChI=1S/C24H34N6O.H2O/c1-4-31-23(21-10-7-8-18(3)26-21)30-22-11-6-5-9-20(22)28-24(30)27-19-12-14-29(15-13-19)16-17(2)25;/h5-11,17,19,23H,4,12-16,25H2,1-3H3,(H,27,28);1H2. The van der Waals surface area contributed by atoms with Gasteiger partial charge in [0.05, 0.1) is 16.7 Å². The lowest BCUT2D eigenvalue weighted by molar-refractivity contribution is 0.0419. The normalized spacial score (nSPS) is 17.1. The number of nitrogens with zero attached hydrogens (tertiary/aromatic N) is 4. The Hall–Kier alpha value is -2.52. The van der Waals surface area contributed by atoms with E-state index in [4.69, 9.17) is 20.4 Å². The fourth-order valence-corrected chi connectivity index (χ4v) is 4.39. The van der Waals surface area contributed by atoms with Crippen molar-refractivity contribution in [1.82, 2.24) is 19.4 Å². The molecule has 4 rings (SSSR count). The molecule has 2 aromatic heterocycles. The number of hydrogen-bond donors (Lipinski definition) is 2. The predicted octanol–water partition coefficient (Wildman–Crippen LogP) is 2.72. The molecule has 174 valence electrons. The van der Waals surface area contributed by atoms with Crippen LogP contribution in [-0.2, 0) is 4.74 Å². The summed E-state index contributed by atoms with van der Waals surface area (Å²) in [5.74, 6) is 0.841. The van der Waals surface area contributed by atoms with Gasteiger partial charge in [0.25, 0.3) is 0 Å². The summed E-state index contributed by atoms with van der Waals surface area (Å²) in [6.07, 6.45) is 1.80. The van der Waals surface area contributed by atoms with E-state index in [1.54, 1.807) is 0 Å². The van der Waals surface area contributed by atoms with Gasteiger partial charge in [-0.1, -0.05) is 18.2 Å². The molecule has 1 fully saturated rings. The second kappa shape index (κ2) is 10.9. The Morgan fingerprint density at radius 2 is 1.88 bits per heavy atom. The molecule has 32 heavy (non-hydrogen) atoms. The van der Waals surface area contributed by atoms with Gasteiger partial charge < -0.3 is 26.2 Å². The van der Waals surface area contributed by atoms with Crippen molar-refractivity contribution in [1.29, 1.82) is 0 Å². The quantitative estimate of drug-likeness (QED) is 0.557. The molecule has 2 atom stereocenters. The van der Waals surface area contributed by atoms with Gasteiger partial charge >= 0.3 is 0 Å². The first-order chi connectivity index (χ1) is 15.0. The van der Waals surface area contributed by atoms with Gasteiger partial charge in [0.2, 0.25) is 5.95 Å². The summed E-state index contributed by atoms with van der Waals surface area (Å²) in [7, 11) is 0. The Balaban J connectivity index is 0.00000289. The van der Waals surface area contributed by atoms with Crippen molar-refractivity contribution in [2.75, 3.05) is 31.6 Å². The maximum absolute atomic E-state index is 6.22. The van der Waals surface area contributed by atoms with Gasteiger partial charge in [-0.3, -0.25) is 9.55 Å². The highest BCUT2D eigenvalue weighted by Crippen LogP contribution is 2.30. The number of likely N-dealkylation sites (tertiary alicyclic amines) is 1. The fraction of sp³-hybridized carbons (Fsp3) is 0.500. The first-order valence-corrected chi connectivity index (χ1v) is 11.3. The van der Waals surface area contributed by atoms with Crippen LogP contribution >= 0.6 is 0 Å². The van der Waals surface area contributed by atoms with Crippen molar-refractivity contribution in [3.8, 4) is 0 Å². The molecule has 3 aromatic rings. The topological polar surface area (TPSA) is 113 Å². The van der Waals surface area contributed by atoms with Crippen LogP contribution in [0, 0.1) is 6.92 Å². The van der Waals surface area contributed by atoms with Crippen molar-refractivity contribution in [3.63, 3.8) is 0 Å². The molecule has 1 aliphatic rings. The van der Waals surface area contributed by atoms with E-state index in [1.807, 2.05) is 44.2 Å². The number of rotatable bonds is 8. The Kier molecular flexibility index (Phi) is 8.20. The van der Waals surface area contributed by atoms with Gasteiger partial charge in [0, 0.05) is 44.0 Å². The zero-order valence-corrected chi connectivity index (χ0v) is 19.3. The van der Waals surface area contributed by atoms with Crippen LogP contribution in [0.2, 0.25) is 0 Å². The first-order valence-electron chi connectivity index (χ1n) is 11.3. The number of aryl methyl sites for hydroxylation is 1. The molecule has 3 heterocycles. The summed E-state index contributed by atoms with van der Waals surface area (Å²) in [5, 5.41) is 3.72. The van der Waals surface area contributed by atoms with Crippen LogP contribution < -0.4 is 11.1 Å². The summed E-state index contributed by atoms with van der Waals surface area (Å²) in [5.41, 5.74) is 9.84. The number of pyridine rings is 1. The van der Waals surface area contributed by atoms with Gasteiger partial charge in [-0.05, 0) is 57.9 Å². The predicted molar refractivity (Wildman–Crippen MR) is 129 cm³/mol. The molecule has 2 unspecified atom stereocenters. The first kappa shape index (κ1) is 24.1. The maximum Gasteiger partial charge on any atom is 0.206 e. The van der Waals surface area contributed by atoms with Crippen molar-refractivity contribution in [2.45, 2.75) is 51.9 Å². The van der Waals surface area contributed by atoms with E-state index >= 15 is 0 Å². The number of imidazole rings is 1. The number of piperidine rings is 1. The average molecular weight is 441 g/mol. The monoisotopic (exact) mass is 440 g/mol. The number of ether oxygens (including phenoxy) is 1. The molecule has 8 heteroatoms. The number of nitrogens with one attached hydrogen (secondary N) is 1. The molecule has 1 saturated heterocycles. The largest absolute Gasteiger partial charge is 0.412 e. The van der Waals surface area contributed by atoms with Crippen molar-refractivity contribution in [2.24, 2.45) is 5.73 Å². The maximum atomic E-state index is 6.22. The summed E-state index contributed by atoms with van der Waals surface area (Å²) in [4.78, 5) is 12.1. The number of benzene rings is 1. The molecule has 1 aliphatic heterocycles. The van der Waals surface area contributed by atoms with E-state index in [1.165, 1.54) is 0 Å². The highest BCUT2D eigenvalue weighted by atomic mass is 16.5. The Bertz CT molecular complexity index is 997. The number of hydrogen-bond acceptors (Lipinski definition) is 6. The number of aromatic nitrogens is 3. The van der Waals surface area contributed by atoms with Crippen LogP contribution in [0.5, 0.6) is 0 Å². The van der Waals surface area contributed by atoms with E-state index in [-0.39, 0.29) is 17.7 Å². The second-order valence-electron chi connectivity index (χ2n) is 8.50. The lowest BCUT2D eigenvalue weighted by atomic mass is 10.0. The zero-order valence-electron chi connectivity index (χ0n) is 19.3. The summed E-state index contributed by atoms with van der Waals surface area (Å²) >= 11 is 0. The van der Waals surface area contributed by atoms with Gasteiger partial charge in [0.1, 0.15) is 0 Å². The molecule has 0 radical (unpaired) electrons. The van der Waals surface area contributed by atoms with Gasteiger partial charge in [-0.2, -0.15) is 0 Å².